The average Bonchev–Trinajstić information content (AvgIpc) is 2.47. The number of hydrogen-bond donors (Lipinski definition) is 0. The van der Waals surface area contributed by atoms with Crippen molar-refractivity contribution in [2.75, 3.05) is 13.2 Å². The molecule has 1 saturated heterocycles. The van der Waals surface area contributed by atoms with Crippen LogP contribution < -0.4 is 0 Å². The van der Waals surface area contributed by atoms with Crippen molar-refractivity contribution >= 4 is 0 Å². The molecule has 0 aromatic rings. The molecular weight excluding hydrogens is 112 g/mol. The van der Waals surface area contributed by atoms with Crippen molar-refractivity contribution in [1.82, 2.24) is 0 Å². The lowest BCUT2D eigenvalue weighted by atomic mass is 10.2. The van der Waals surface area contributed by atoms with Crippen LogP contribution in [0.5, 0.6) is 0 Å². The average molecular weight is 128 g/mol. The SMILES string of the molecule is CC1CC1.CC1COC1. The van der Waals surface area contributed by atoms with Crippen LogP contribution in [0, 0.1) is 11.8 Å². The summed E-state index contributed by atoms with van der Waals surface area (Å²) < 4.78 is 4.83. The van der Waals surface area contributed by atoms with Gasteiger partial charge in [-0.3, -0.25) is 0 Å². The van der Waals surface area contributed by atoms with Gasteiger partial charge in [0.15, 0.2) is 0 Å². The number of ether oxygens (including phenoxy) is 1. The first kappa shape index (κ1) is 7.07. The van der Waals surface area contributed by atoms with Crippen molar-refractivity contribution in [3.05, 3.63) is 0 Å². The fourth-order valence-corrected chi connectivity index (χ4v) is 0.520. The van der Waals surface area contributed by atoms with Crippen LogP contribution in [0.2, 0.25) is 0 Å². The standard InChI is InChI=1S/C4H8O.C4H8/c1-4-2-5-3-4;1-4-2-3-4/h4H,2-3H2,1H3;4H,2-3H2,1H3. The predicted octanol–water partition coefficient (Wildman–Crippen LogP) is 2.07. The largest absolute Gasteiger partial charge is 0.381 e. The normalized spacial score (nSPS) is 26.0. The first-order valence-corrected chi connectivity index (χ1v) is 3.87. The van der Waals surface area contributed by atoms with E-state index in [0.717, 1.165) is 25.0 Å². The Kier molecular flexibility index (Phi) is 2.52. The van der Waals surface area contributed by atoms with E-state index in [1.165, 1.54) is 12.8 Å². The Labute approximate surface area is 57.4 Å². The highest BCUT2D eigenvalue weighted by molar-refractivity contribution is 4.65. The second-order valence-electron chi connectivity index (χ2n) is 3.33. The van der Waals surface area contributed by atoms with Gasteiger partial charge in [-0.15, -0.1) is 0 Å². The minimum atomic E-state index is 0.843. The summed E-state index contributed by atoms with van der Waals surface area (Å²) in [6, 6.07) is 0. The maximum absolute atomic E-state index is 4.83. The van der Waals surface area contributed by atoms with Crippen LogP contribution in [0.25, 0.3) is 0 Å². The molecule has 2 aliphatic rings. The molecule has 0 N–H and O–H groups in total. The van der Waals surface area contributed by atoms with Gasteiger partial charge in [0, 0.05) is 5.92 Å². The van der Waals surface area contributed by atoms with E-state index in [9.17, 15) is 0 Å². The summed E-state index contributed by atoms with van der Waals surface area (Å²) in [5, 5.41) is 0. The van der Waals surface area contributed by atoms with E-state index in [2.05, 4.69) is 13.8 Å². The molecule has 0 aromatic carbocycles. The molecule has 1 aliphatic heterocycles. The van der Waals surface area contributed by atoms with Gasteiger partial charge >= 0.3 is 0 Å². The number of rotatable bonds is 0. The lowest BCUT2D eigenvalue weighted by Crippen LogP contribution is -2.23. The fraction of sp³-hybridized carbons (Fsp3) is 1.00. The lowest BCUT2D eigenvalue weighted by molar-refractivity contribution is -0.0221. The Bertz CT molecular complexity index is 72.6. The maximum Gasteiger partial charge on any atom is 0.0513 e. The van der Waals surface area contributed by atoms with Crippen LogP contribution in [0.4, 0.5) is 0 Å². The molecule has 9 heavy (non-hydrogen) atoms. The molecule has 0 unspecified atom stereocenters. The minimum Gasteiger partial charge on any atom is -0.381 e. The van der Waals surface area contributed by atoms with Crippen LogP contribution in [0.15, 0.2) is 0 Å². The summed E-state index contributed by atoms with van der Waals surface area (Å²) in [4.78, 5) is 0. The van der Waals surface area contributed by atoms with Crippen LogP contribution in [0.3, 0.4) is 0 Å². The van der Waals surface area contributed by atoms with Gasteiger partial charge in [-0.2, -0.15) is 0 Å². The first-order valence-electron chi connectivity index (χ1n) is 3.87. The fourth-order valence-electron chi connectivity index (χ4n) is 0.520. The number of hydrogen-bond acceptors (Lipinski definition) is 1. The molecule has 1 nitrogen and oxygen atoms in total. The van der Waals surface area contributed by atoms with Crippen molar-refractivity contribution < 1.29 is 4.74 Å². The smallest absolute Gasteiger partial charge is 0.0513 e. The van der Waals surface area contributed by atoms with E-state index < -0.39 is 0 Å². The molecule has 0 bridgehead atoms. The maximum atomic E-state index is 4.83. The van der Waals surface area contributed by atoms with E-state index in [1.54, 1.807) is 0 Å². The highest BCUT2D eigenvalue weighted by Crippen LogP contribution is 2.26. The Morgan fingerprint density at radius 3 is 1.33 bits per heavy atom. The zero-order chi connectivity index (χ0) is 6.69. The molecule has 1 heteroatoms. The van der Waals surface area contributed by atoms with Crippen molar-refractivity contribution in [1.29, 1.82) is 0 Å². The Hall–Kier alpha value is -0.0400. The van der Waals surface area contributed by atoms with Crippen molar-refractivity contribution in [3.8, 4) is 0 Å². The van der Waals surface area contributed by atoms with Gasteiger partial charge in [-0.05, 0) is 5.92 Å². The quantitative estimate of drug-likeness (QED) is 0.485. The van der Waals surface area contributed by atoms with Crippen LogP contribution in [0.1, 0.15) is 26.7 Å². The summed E-state index contributed by atoms with van der Waals surface area (Å²) in [5.41, 5.74) is 0. The third-order valence-corrected chi connectivity index (χ3v) is 1.67. The van der Waals surface area contributed by atoms with Crippen LogP contribution >= 0.6 is 0 Å². The van der Waals surface area contributed by atoms with Gasteiger partial charge in [0.1, 0.15) is 0 Å². The van der Waals surface area contributed by atoms with Gasteiger partial charge in [-0.25, -0.2) is 0 Å². The summed E-state index contributed by atoms with van der Waals surface area (Å²) in [6.45, 7) is 6.43. The van der Waals surface area contributed by atoms with E-state index in [4.69, 9.17) is 4.74 Å². The Balaban J connectivity index is 0.0000000922. The Morgan fingerprint density at radius 2 is 1.33 bits per heavy atom. The molecule has 0 atom stereocenters. The summed E-state index contributed by atoms with van der Waals surface area (Å²) >= 11 is 0. The second-order valence-corrected chi connectivity index (χ2v) is 3.33. The molecule has 0 amide bonds. The molecule has 54 valence electrons. The Morgan fingerprint density at radius 1 is 1.00 bits per heavy atom. The monoisotopic (exact) mass is 128 g/mol. The zero-order valence-electron chi connectivity index (χ0n) is 6.39. The van der Waals surface area contributed by atoms with Crippen molar-refractivity contribution in [2.45, 2.75) is 26.7 Å². The summed E-state index contributed by atoms with van der Waals surface area (Å²) in [7, 11) is 0. The highest BCUT2D eigenvalue weighted by atomic mass is 16.5. The summed E-state index contributed by atoms with van der Waals surface area (Å²) in [6.07, 6.45) is 2.97. The molecule has 2 rings (SSSR count). The zero-order valence-corrected chi connectivity index (χ0v) is 6.39. The molecule has 0 radical (unpaired) electrons. The van der Waals surface area contributed by atoms with Crippen molar-refractivity contribution in [2.24, 2.45) is 11.8 Å². The molecule has 1 heterocycles. The topological polar surface area (TPSA) is 9.23 Å². The first-order chi connectivity index (χ1) is 4.29. The van der Waals surface area contributed by atoms with Gasteiger partial charge in [0.2, 0.25) is 0 Å². The molecule has 1 saturated carbocycles. The third kappa shape index (κ3) is 3.52. The molecule has 0 spiro atoms. The van der Waals surface area contributed by atoms with E-state index in [1.807, 2.05) is 0 Å². The lowest BCUT2D eigenvalue weighted by Gasteiger charge is -2.20. The van der Waals surface area contributed by atoms with Gasteiger partial charge < -0.3 is 4.74 Å². The van der Waals surface area contributed by atoms with E-state index in [0.29, 0.717) is 0 Å². The van der Waals surface area contributed by atoms with E-state index in [-0.39, 0.29) is 0 Å². The van der Waals surface area contributed by atoms with Gasteiger partial charge in [-0.1, -0.05) is 26.7 Å². The minimum absolute atomic E-state index is 0.843. The van der Waals surface area contributed by atoms with Crippen LogP contribution in [-0.2, 0) is 4.74 Å². The molecule has 0 aromatic heterocycles. The van der Waals surface area contributed by atoms with E-state index >= 15 is 0 Å². The molecular formula is C8H16O. The van der Waals surface area contributed by atoms with Crippen molar-refractivity contribution in [3.63, 3.8) is 0 Å². The van der Waals surface area contributed by atoms with Gasteiger partial charge in [0.05, 0.1) is 13.2 Å². The molecule has 2 fully saturated rings. The third-order valence-electron chi connectivity index (χ3n) is 1.67. The second kappa shape index (κ2) is 3.21. The highest BCUT2D eigenvalue weighted by Gasteiger charge is 2.12. The van der Waals surface area contributed by atoms with Gasteiger partial charge in [0.25, 0.3) is 0 Å². The predicted molar refractivity (Wildman–Crippen MR) is 38.4 cm³/mol. The molecule has 1 aliphatic carbocycles. The summed E-state index contributed by atoms with van der Waals surface area (Å²) in [5.74, 6) is 1.93. The van der Waals surface area contributed by atoms with Crippen LogP contribution in [-0.4, -0.2) is 13.2 Å².